The quantitative estimate of drug-likeness (QED) is 0.671. The molecule has 2 fully saturated rings. The van der Waals surface area contributed by atoms with Crippen molar-refractivity contribution in [2.24, 2.45) is 7.05 Å². The second-order valence-electron chi connectivity index (χ2n) is 7.38. The molecule has 1 atom stereocenters. The zero-order valence-corrected chi connectivity index (χ0v) is 18.1. The first-order valence-electron chi connectivity index (χ1n) is 9.91. The van der Waals surface area contributed by atoms with Gasteiger partial charge in [0.05, 0.1) is 25.9 Å². The number of esters is 1. The molecule has 0 bridgehead atoms. The molecule has 28 heavy (non-hydrogen) atoms. The van der Waals surface area contributed by atoms with Crippen molar-refractivity contribution in [3.8, 4) is 0 Å². The van der Waals surface area contributed by atoms with Gasteiger partial charge in [0.1, 0.15) is 5.37 Å². The van der Waals surface area contributed by atoms with Crippen LogP contribution in [-0.2, 0) is 21.3 Å². The van der Waals surface area contributed by atoms with Crippen LogP contribution in [0.25, 0.3) is 0 Å². The normalized spacial score (nSPS) is 21.2. The Morgan fingerprint density at radius 3 is 2.61 bits per heavy atom. The van der Waals surface area contributed by atoms with Gasteiger partial charge in [-0.15, -0.1) is 11.8 Å². The summed E-state index contributed by atoms with van der Waals surface area (Å²) in [6.45, 7) is 9.08. The number of rotatable bonds is 6. The highest BCUT2D eigenvalue weighted by Gasteiger charge is 2.36. The molecule has 8 heteroatoms. The number of ether oxygens (including phenoxy) is 2. The summed E-state index contributed by atoms with van der Waals surface area (Å²) in [6.07, 6.45) is 1.47. The molecule has 2 aliphatic heterocycles. The molecule has 0 aliphatic carbocycles. The van der Waals surface area contributed by atoms with Crippen molar-refractivity contribution in [3.63, 3.8) is 0 Å². The average molecular weight is 410 g/mol. The molecule has 0 aromatic carbocycles. The summed E-state index contributed by atoms with van der Waals surface area (Å²) in [4.78, 5) is 29.6. The van der Waals surface area contributed by atoms with Gasteiger partial charge in [0.25, 0.3) is 0 Å². The highest BCUT2D eigenvalue weighted by molar-refractivity contribution is 7.99. The summed E-state index contributed by atoms with van der Waals surface area (Å²) in [5.41, 5.74) is 3.43. The Kier molecular flexibility index (Phi) is 7.06. The van der Waals surface area contributed by atoms with Crippen molar-refractivity contribution in [2.45, 2.75) is 32.1 Å². The molecule has 1 aromatic heterocycles. The first kappa shape index (κ1) is 21.2. The summed E-state index contributed by atoms with van der Waals surface area (Å²) in [6, 6.07) is 0. The third-order valence-electron chi connectivity index (χ3n) is 5.84. The average Bonchev–Trinajstić information content (AvgIpc) is 2.93. The Labute approximate surface area is 171 Å². The molecule has 0 radical (unpaired) electrons. The zero-order valence-electron chi connectivity index (χ0n) is 17.3. The fraction of sp³-hybridized carbons (Fsp3) is 0.700. The third-order valence-corrected chi connectivity index (χ3v) is 7.08. The van der Waals surface area contributed by atoms with Crippen molar-refractivity contribution in [2.75, 3.05) is 52.3 Å². The molecule has 2 aliphatic rings. The predicted octanol–water partition coefficient (Wildman–Crippen LogP) is 2.11. The number of amides is 1. The third kappa shape index (κ3) is 4.23. The SMILES string of the molecule is COC(=O)c1c(C2SCCC(=O)N2CCCN2CCOCC2)c(C)n(C)c1C. The van der Waals surface area contributed by atoms with Crippen molar-refractivity contribution in [1.82, 2.24) is 14.4 Å². The number of hydrogen-bond acceptors (Lipinski definition) is 6. The van der Waals surface area contributed by atoms with Gasteiger partial charge in [-0.2, -0.15) is 0 Å². The van der Waals surface area contributed by atoms with Gasteiger partial charge < -0.3 is 18.9 Å². The topological polar surface area (TPSA) is 64.0 Å². The molecule has 7 nitrogen and oxygen atoms in total. The summed E-state index contributed by atoms with van der Waals surface area (Å²) < 4.78 is 12.5. The highest BCUT2D eigenvalue weighted by Crippen LogP contribution is 2.42. The molecule has 156 valence electrons. The fourth-order valence-electron chi connectivity index (χ4n) is 4.03. The van der Waals surface area contributed by atoms with E-state index in [0.29, 0.717) is 18.5 Å². The van der Waals surface area contributed by atoms with E-state index in [1.54, 1.807) is 11.8 Å². The van der Waals surface area contributed by atoms with Gasteiger partial charge in [-0.05, 0) is 20.3 Å². The second-order valence-corrected chi connectivity index (χ2v) is 8.57. The minimum absolute atomic E-state index is 0.139. The monoisotopic (exact) mass is 409 g/mol. The molecule has 0 N–H and O–H groups in total. The first-order valence-corrected chi connectivity index (χ1v) is 11.0. The summed E-state index contributed by atoms with van der Waals surface area (Å²) >= 11 is 1.74. The van der Waals surface area contributed by atoms with E-state index < -0.39 is 0 Å². The lowest BCUT2D eigenvalue weighted by Gasteiger charge is -2.36. The number of aromatic nitrogens is 1. The molecular formula is C20H31N3O4S. The number of thioether (sulfide) groups is 1. The van der Waals surface area contributed by atoms with Crippen LogP contribution < -0.4 is 0 Å². The minimum Gasteiger partial charge on any atom is -0.465 e. The van der Waals surface area contributed by atoms with Crippen LogP contribution >= 0.6 is 11.8 Å². The molecule has 2 saturated heterocycles. The largest absolute Gasteiger partial charge is 0.465 e. The maximum Gasteiger partial charge on any atom is 0.340 e. The van der Waals surface area contributed by atoms with Crippen LogP contribution in [0.1, 0.15) is 45.5 Å². The zero-order chi connectivity index (χ0) is 20.3. The molecule has 1 amide bonds. The van der Waals surface area contributed by atoms with Crippen LogP contribution in [0.2, 0.25) is 0 Å². The predicted molar refractivity (Wildman–Crippen MR) is 110 cm³/mol. The number of carbonyl (C=O) groups excluding carboxylic acids is 2. The van der Waals surface area contributed by atoms with Crippen LogP contribution in [0.3, 0.4) is 0 Å². The molecule has 3 heterocycles. The van der Waals surface area contributed by atoms with Crippen molar-refractivity contribution >= 4 is 23.6 Å². The van der Waals surface area contributed by atoms with E-state index in [1.165, 1.54) is 7.11 Å². The van der Waals surface area contributed by atoms with Gasteiger partial charge in [-0.25, -0.2) is 4.79 Å². The van der Waals surface area contributed by atoms with Gasteiger partial charge in [0, 0.05) is 62.4 Å². The summed E-state index contributed by atoms with van der Waals surface area (Å²) in [7, 11) is 3.37. The van der Waals surface area contributed by atoms with Crippen LogP contribution in [-0.4, -0.2) is 78.5 Å². The lowest BCUT2D eigenvalue weighted by molar-refractivity contribution is -0.132. The smallest absolute Gasteiger partial charge is 0.340 e. The van der Waals surface area contributed by atoms with Crippen LogP contribution in [0.5, 0.6) is 0 Å². The molecule has 1 aromatic rings. The minimum atomic E-state index is -0.330. The number of methoxy groups -OCH3 is 1. The maximum atomic E-state index is 12.8. The van der Waals surface area contributed by atoms with E-state index in [-0.39, 0.29) is 17.3 Å². The van der Waals surface area contributed by atoms with Gasteiger partial charge in [0.2, 0.25) is 5.91 Å². The van der Waals surface area contributed by atoms with E-state index in [0.717, 1.165) is 62.0 Å². The Hall–Kier alpha value is -1.51. The van der Waals surface area contributed by atoms with E-state index in [1.807, 2.05) is 30.4 Å². The molecule has 0 spiro atoms. The van der Waals surface area contributed by atoms with Crippen LogP contribution in [0, 0.1) is 13.8 Å². The van der Waals surface area contributed by atoms with Gasteiger partial charge in [-0.3, -0.25) is 9.69 Å². The standard InChI is InChI=1S/C20H31N3O4S/c1-14-17(18(20(25)26-4)15(2)21(14)3)19-23(16(24)6-13-28-19)8-5-7-22-9-11-27-12-10-22/h19H,5-13H2,1-4H3. The summed E-state index contributed by atoms with van der Waals surface area (Å²) in [5, 5.41) is -0.139. The Morgan fingerprint density at radius 1 is 1.21 bits per heavy atom. The van der Waals surface area contributed by atoms with Gasteiger partial charge in [0.15, 0.2) is 0 Å². The molecule has 0 saturated carbocycles. The van der Waals surface area contributed by atoms with Crippen molar-refractivity contribution in [3.05, 3.63) is 22.5 Å². The Morgan fingerprint density at radius 2 is 1.93 bits per heavy atom. The Balaban J connectivity index is 1.81. The van der Waals surface area contributed by atoms with E-state index >= 15 is 0 Å². The first-order chi connectivity index (χ1) is 13.5. The van der Waals surface area contributed by atoms with Gasteiger partial charge >= 0.3 is 5.97 Å². The lowest BCUT2D eigenvalue weighted by atomic mass is 10.1. The van der Waals surface area contributed by atoms with E-state index in [2.05, 4.69) is 4.90 Å². The molecule has 3 rings (SSSR count). The Bertz CT molecular complexity index is 728. The molecule has 1 unspecified atom stereocenters. The molecular weight excluding hydrogens is 378 g/mol. The highest BCUT2D eigenvalue weighted by atomic mass is 32.2. The number of morpholine rings is 1. The van der Waals surface area contributed by atoms with E-state index in [4.69, 9.17) is 9.47 Å². The summed E-state index contributed by atoms with van der Waals surface area (Å²) in [5.74, 6) is 0.614. The van der Waals surface area contributed by atoms with Gasteiger partial charge in [-0.1, -0.05) is 0 Å². The number of hydrogen-bond donors (Lipinski definition) is 0. The van der Waals surface area contributed by atoms with E-state index in [9.17, 15) is 9.59 Å². The van der Waals surface area contributed by atoms with Crippen molar-refractivity contribution < 1.29 is 19.1 Å². The van der Waals surface area contributed by atoms with Crippen LogP contribution in [0.15, 0.2) is 0 Å². The van der Waals surface area contributed by atoms with Crippen LogP contribution in [0.4, 0.5) is 0 Å². The van der Waals surface area contributed by atoms with Crippen molar-refractivity contribution in [1.29, 1.82) is 0 Å². The maximum absolute atomic E-state index is 12.8. The lowest BCUT2D eigenvalue weighted by Crippen LogP contribution is -2.41. The number of nitrogens with zero attached hydrogens (tertiary/aromatic N) is 3. The number of carbonyl (C=O) groups is 2. The fourth-order valence-corrected chi connectivity index (χ4v) is 5.40. The second kappa shape index (κ2) is 9.33.